The first-order chi connectivity index (χ1) is 6.44. The Kier molecular flexibility index (Phi) is 3.16. The number of quaternary nitrogens is 1. The molecule has 1 N–H and O–H groups in total. The van der Waals surface area contributed by atoms with Gasteiger partial charge in [-0.15, -0.1) is 3.89 Å². The minimum atomic E-state index is -3.37. The molecular weight excluding hydrogens is 204 g/mol. The molecule has 6 heteroatoms. The van der Waals surface area contributed by atoms with Gasteiger partial charge in [-0.05, 0) is 19.3 Å². The van der Waals surface area contributed by atoms with Crippen LogP contribution < -0.4 is 5.32 Å². The molecule has 0 aromatic carbocycles. The Morgan fingerprint density at radius 1 is 1.21 bits per heavy atom. The van der Waals surface area contributed by atoms with E-state index in [4.69, 9.17) is 0 Å². The van der Waals surface area contributed by atoms with E-state index in [1.165, 1.54) is 7.05 Å². The number of amides is 2. The summed E-state index contributed by atoms with van der Waals surface area (Å²) in [6, 6.07) is -0.410. The van der Waals surface area contributed by atoms with E-state index in [9.17, 15) is 13.2 Å². The number of hydrogen-bond acceptors (Lipinski definition) is 3. The van der Waals surface area contributed by atoms with Gasteiger partial charge in [0.1, 0.15) is 13.1 Å². The first-order valence-corrected chi connectivity index (χ1v) is 6.58. The number of nitrogens with one attached hydrogen (secondary N) is 1. The van der Waals surface area contributed by atoms with Crippen molar-refractivity contribution in [1.29, 1.82) is 0 Å². The van der Waals surface area contributed by atoms with Gasteiger partial charge < -0.3 is 5.32 Å². The molecule has 1 heterocycles. The fourth-order valence-electron chi connectivity index (χ4n) is 1.91. The molecule has 0 aromatic heterocycles. The molecule has 0 spiro atoms. The van der Waals surface area contributed by atoms with Gasteiger partial charge in [0.05, 0.1) is 6.26 Å². The van der Waals surface area contributed by atoms with Crippen LogP contribution in [0.4, 0.5) is 4.79 Å². The van der Waals surface area contributed by atoms with Crippen LogP contribution in [0.1, 0.15) is 19.3 Å². The number of nitrogens with zero attached hydrogens (tertiary/aromatic N) is 1. The Morgan fingerprint density at radius 3 is 2.07 bits per heavy atom. The van der Waals surface area contributed by atoms with Gasteiger partial charge in [-0.2, -0.15) is 8.42 Å². The number of carbonyl (C=O) groups is 1. The fraction of sp³-hybridized carbons (Fsp3) is 0.875. The molecule has 0 aliphatic carbocycles. The van der Waals surface area contributed by atoms with E-state index < -0.39 is 19.9 Å². The lowest BCUT2D eigenvalue weighted by atomic mass is 10.1. The summed E-state index contributed by atoms with van der Waals surface area (Å²) in [5.74, 6) is 0. The van der Waals surface area contributed by atoms with E-state index in [-0.39, 0.29) is 0 Å². The minimum absolute atomic E-state index is 0.401. The zero-order chi connectivity index (χ0) is 10.8. The van der Waals surface area contributed by atoms with E-state index in [1.54, 1.807) is 0 Å². The van der Waals surface area contributed by atoms with Crippen molar-refractivity contribution in [1.82, 2.24) is 5.32 Å². The summed E-state index contributed by atoms with van der Waals surface area (Å²) in [5, 5.41) is 2.44. The van der Waals surface area contributed by atoms with Gasteiger partial charge >= 0.3 is 16.1 Å². The van der Waals surface area contributed by atoms with E-state index in [1.807, 2.05) is 0 Å². The third kappa shape index (κ3) is 1.76. The van der Waals surface area contributed by atoms with E-state index >= 15 is 0 Å². The molecule has 2 amide bonds. The number of hydrogen-bond donors (Lipinski definition) is 1. The van der Waals surface area contributed by atoms with Crippen LogP contribution >= 0.6 is 0 Å². The van der Waals surface area contributed by atoms with Crippen LogP contribution in [0, 0.1) is 0 Å². The van der Waals surface area contributed by atoms with Crippen LogP contribution in [0.2, 0.25) is 0 Å². The zero-order valence-corrected chi connectivity index (χ0v) is 9.43. The summed E-state index contributed by atoms with van der Waals surface area (Å²) in [5.41, 5.74) is 0. The number of rotatable bonds is 1. The lowest BCUT2D eigenvalue weighted by molar-refractivity contribution is -0.728. The van der Waals surface area contributed by atoms with Crippen molar-refractivity contribution < 1.29 is 17.1 Å². The molecule has 0 unspecified atom stereocenters. The SMILES string of the molecule is CNC(=O)[N+]1(S(C)(=O)=O)CCCCC1. The third-order valence-electron chi connectivity index (χ3n) is 2.76. The van der Waals surface area contributed by atoms with Gasteiger partial charge in [0.15, 0.2) is 0 Å². The molecule has 14 heavy (non-hydrogen) atoms. The van der Waals surface area contributed by atoms with Crippen LogP contribution in [0.3, 0.4) is 0 Å². The normalized spacial score (nSPS) is 21.6. The average Bonchev–Trinajstić information content (AvgIpc) is 2.16. The molecular formula is C8H17N2O3S+. The molecule has 1 rings (SSSR count). The van der Waals surface area contributed by atoms with Crippen molar-refractivity contribution in [3.8, 4) is 0 Å². The van der Waals surface area contributed by atoms with Crippen molar-refractivity contribution in [3.05, 3.63) is 0 Å². The molecule has 1 aliphatic heterocycles. The predicted molar refractivity (Wildman–Crippen MR) is 53.1 cm³/mol. The number of urea groups is 1. The smallest absolute Gasteiger partial charge is 0.308 e. The first kappa shape index (κ1) is 11.5. The Balaban J connectivity index is 3.07. The van der Waals surface area contributed by atoms with E-state index in [0.717, 1.165) is 25.5 Å². The maximum Gasteiger partial charge on any atom is 0.431 e. The molecule has 0 saturated carbocycles. The monoisotopic (exact) mass is 221 g/mol. The second-order valence-electron chi connectivity index (χ2n) is 3.69. The van der Waals surface area contributed by atoms with Gasteiger partial charge in [-0.3, -0.25) is 0 Å². The predicted octanol–water partition coefficient (Wildman–Crippen LogP) is 0.286. The number of sulfonamides is 1. The summed E-state index contributed by atoms with van der Waals surface area (Å²) < 4.78 is 22.8. The second-order valence-corrected chi connectivity index (χ2v) is 5.85. The molecule has 82 valence electrons. The summed E-state index contributed by atoms with van der Waals surface area (Å²) in [6.45, 7) is 0.803. The average molecular weight is 221 g/mol. The Labute approximate surface area is 84.7 Å². The van der Waals surface area contributed by atoms with Crippen molar-refractivity contribution >= 4 is 16.1 Å². The van der Waals surface area contributed by atoms with Gasteiger partial charge in [-0.1, -0.05) is 0 Å². The fourth-order valence-corrected chi connectivity index (χ4v) is 3.23. The summed E-state index contributed by atoms with van der Waals surface area (Å²) in [7, 11) is -1.90. The largest absolute Gasteiger partial charge is 0.431 e. The van der Waals surface area contributed by atoms with E-state index in [2.05, 4.69) is 5.32 Å². The number of piperidine rings is 1. The molecule has 1 fully saturated rings. The highest BCUT2D eigenvalue weighted by atomic mass is 32.2. The number of carbonyl (C=O) groups excluding carboxylic acids is 1. The van der Waals surface area contributed by atoms with Gasteiger partial charge in [0.25, 0.3) is 0 Å². The zero-order valence-electron chi connectivity index (χ0n) is 8.62. The summed E-state index contributed by atoms with van der Waals surface area (Å²) in [6.07, 6.45) is 3.72. The summed E-state index contributed by atoms with van der Waals surface area (Å²) >= 11 is 0. The highest BCUT2D eigenvalue weighted by Gasteiger charge is 2.46. The van der Waals surface area contributed by atoms with Gasteiger partial charge in [-0.25, -0.2) is 4.79 Å². The topological polar surface area (TPSA) is 63.2 Å². The maximum atomic E-state index is 11.6. The standard InChI is InChI=1S/C8H16N2O3S/c1-9-8(11)10(14(2,12)13)6-4-3-5-7-10/h3-7H2,1-2H3/p+1. The molecule has 0 radical (unpaired) electrons. The van der Waals surface area contributed by atoms with Crippen LogP contribution in [0.25, 0.3) is 0 Å². The first-order valence-electron chi connectivity index (χ1n) is 4.73. The van der Waals surface area contributed by atoms with Crippen LogP contribution in [-0.2, 0) is 10.0 Å². The molecule has 1 aliphatic rings. The molecule has 1 saturated heterocycles. The maximum absolute atomic E-state index is 11.6. The lowest BCUT2D eigenvalue weighted by Gasteiger charge is -2.35. The van der Waals surface area contributed by atoms with Crippen molar-refractivity contribution in [3.63, 3.8) is 0 Å². The molecule has 0 bridgehead atoms. The van der Waals surface area contributed by atoms with Gasteiger partial charge in [0.2, 0.25) is 0 Å². The van der Waals surface area contributed by atoms with Crippen LogP contribution in [-0.4, -0.2) is 44.7 Å². The number of likely N-dealkylation sites (tertiary alicyclic amines) is 1. The highest BCUT2D eigenvalue weighted by molar-refractivity contribution is 7.85. The Hall–Kier alpha value is -0.620. The molecule has 5 nitrogen and oxygen atoms in total. The quantitative estimate of drug-likeness (QED) is 0.647. The van der Waals surface area contributed by atoms with Crippen LogP contribution in [0.15, 0.2) is 0 Å². The lowest BCUT2D eigenvalue weighted by Crippen LogP contribution is -2.61. The Morgan fingerprint density at radius 2 is 1.71 bits per heavy atom. The van der Waals surface area contributed by atoms with E-state index in [0.29, 0.717) is 13.1 Å². The van der Waals surface area contributed by atoms with Crippen LogP contribution in [0.5, 0.6) is 0 Å². The summed E-state index contributed by atoms with van der Waals surface area (Å²) in [4.78, 5) is 11.6. The molecule has 0 aromatic rings. The minimum Gasteiger partial charge on any atom is -0.308 e. The molecule has 0 atom stereocenters. The highest BCUT2D eigenvalue weighted by Crippen LogP contribution is 2.23. The van der Waals surface area contributed by atoms with Crippen molar-refractivity contribution in [2.24, 2.45) is 0 Å². The van der Waals surface area contributed by atoms with Crippen molar-refractivity contribution in [2.45, 2.75) is 19.3 Å². The van der Waals surface area contributed by atoms with Crippen molar-refractivity contribution in [2.75, 3.05) is 26.4 Å². The second kappa shape index (κ2) is 3.86. The van der Waals surface area contributed by atoms with Gasteiger partial charge in [0, 0.05) is 7.05 Å². The Bertz CT molecular complexity index is 317. The third-order valence-corrected chi connectivity index (χ3v) is 4.56.